The largest absolute Gasteiger partial charge is 0.399 e. The van der Waals surface area contributed by atoms with Gasteiger partial charge in [0.25, 0.3) is 0 Å². The van der Waals surface area contributed by atoms with Gasteiger partial charge >= 0.3 is 0 Å². The van der Waals surface area contributed by atoms with Crippen LogP contribution in [0.2, 0.25) is 10.0 Å². The molecule has 0 saturated carbocycles. The molecule has 11 heavy (non-hydrogen) atoms. The topological polar surface area (TPSA) is 26.0 Å². The second-order valence-corrected chi connectivity index (χ2v) is 3.13. The third kappa shape index (κ3) is 1.79. The van der Waals surface area contributed by atoms with Crippen molar-refractivity contribution in [3.63, 3.8) is 0 Å². The van der Waals surface area contributed by atoms with Crippen LogP contribution in [0.1, 0.15) is 12.5 Å². The molecule has 0 spiro atoms. The monoisotopic (exact) mass is 189 g/mol. The molecular formula is C8H9Cl2N. The Labute approximate surface area is 76.1 Å². The minimum atomic E-state index is 0.609. The standard InChI is InChI=1S/C8H9Cl2N/c1-2-6-7(9)3-5(11)4-8(6)10/h3-4H,2,11H2,1H3. The van der Waals surface area contributed by atoms with E-state index in [1.807, 2.05) is 6.92 Å². The average molecular weight is 190 g/mol. The molecule has 0 aliphatic rings. The maximum Gasteiger partial charge on any atom is 0.0473 e. The lowest BCUT2D eigenvalue weighted by Crippen LogP contribution is -1.89. The predicted octanol–water partition coefficient (Wildman–Crippen LogP) is 3.14. The summed E-state index contributed by atoms with van der Waals surface area (Å²) in [6, 6.07) is 3.43. The molecule has 60 valence electrons. The molecule has 0 aromatic heterocycles. The van der Waals surface area contributed by atoms with Gasteiger partial charge in [0, 0.05) is 15.7 Å². The molecule has 1 aromatic carbocycles. The van der Waals surface area contributed by atoms with Crippen LogP contribution in [0.5, 0.6) is 0 Å². The van der Waals surface area contributed by atoms with Crippen molar-refractivity contribution in [3.05, 3.63) is 27.7 Å². The Morgan fingerprint density at radius 1 is 1.27 bits per heavy atom. The highest BCUT2D eigenvalue weighted by Crippen LogP contribution is 2.27. The Balaban J connectivity index is 3.25. The molecule has 0 aliphatic carbocycles. The molecule has 0 saturated heterocycles. The minimum absolute atomic E-state index is 0.609. The van der Waals surface area contributed by atoms with Gasteiger partial charge in [-0.3, -0.25) is 0 Å². The Hall–Kier alpha value is -0.400. The SMILES string of the molecule is CCc1c(Cl)cc(N)cc1Cl. The molecule has 2 N–H and O–H groups in total. The van der Waals surface area contributed by atoms with Gasteiger partial charge in [-0.2, -0.15) is 0 Å². The van der Waals surface area contributed by atoms with Crippen LogP contribution in [0.3, 0.4) is 0 Å². The lowest BCUT2D eigenvalue weighted by atomic mass is 10.1. The van der Waals surface area contributed by atoms with Crippen molar-refractivity contribution in [3.8, 4) is 0 Å². The summed E-state index contributed by atoms with van der Waals surface area (Å²) in [4.78, 5) is 0. The van der Waals surface area contributed by atoms with Crippen LogP contribution < -0.4 is 5.73 Å². The van der Waals surface area contributed by atoms with E-state index in [2.05, 4.69) is 0 Å². The Kier molecular flexibility index (Phi) is 2.63. The number of hydrogen-bond acceptors (Lipinski definition) is 1. The zero-order valence-corrected chi connectivity index (χ0v) is 7.71. The highest BCUT2D eigenvalue weighted by Gasteiger charge is 2.03. The van der Waals surface area contributed by atoms with Crippen LogP contribution in [0.25, 0.3) is 0 Å². The van der Waals surface area contributed by atoms with Crippen molar-refractivity contribution in [2.75, 3.05) is 5.73 Å². The number of anilines is 1. The smallest absolute Gasteiger partial charge is 0.0473 e. The zero-order valence-electron chi connectivity index (χ0n) is 6.20. The number of nitrogen functional groups attached to an aromatic ring is 1. The van der Waals surface area contributed by atoms with Crippen molar-refractivity contribution in [2.24, 2.45) is 0 Å². The van der Waals surface area contributed by atoms with Crippen molar-refractivity contribution in [1.82, 2.24) is 0 Å². The van der Waals surface area contributed by atoms with Crippen LogP contribution in [0, 0.1) is 0 Å². The van der Waals surface area contributed by atoms with Gasteiger partial charge in [0.15, 0.2) is 0 Å². The van der Waals surface area contributed by atoms with Crippen LogP contribution in [-0.2, 0) is 6.42 Å². The number of benzene rings is 1. The number of halogens is 2. The minimum Gasteiger partial charge on any atom is -0.399 e. The molecular weight excluding hydrogens is 181 g/mol. The van der Waals surface area contributed by atoms with E-state index in [1.165, 1.54) is 0 Å². The third-order valence-corrected chi connectivity index (χ3v) is 2.19. The summed E-state index contributed by atoms with van der Waals surface area (Å²) in [5.41, 5.74) is 7.08. The maximum absolute atomic E-state index is 5.87. The van der Waals surface area contributed by atoms with Gasteiger partial charge in [-0.05, 0) is 24.1 Å². The van der Waals surface area contributed by atoms with E-state index >= 15 is 0 Å². The van der Waals surface area contributed by atoms with Crippen molar-refractivity contribution < 1.29 is 0 Å². The summed E-state index contributed by atoms with van der Waals surface area (Å²) >= 11 is 11.7. The summed E-state index contributed by atoms with van der Waals surface area (Å²) in [6.07, 6.45) is 0.831. The lowest BCUT2D eigenvalue weighted by Gasteiger charge is -2.04. The second kappa shape index (κ2) is 3.33. The fourth-order valence-electron chi connectivity index (χ4n) is 0.960. The molecule has 0 aliphatic heterocycles. The predicted molar refractivity (Wildman–Crippen MR) is 50.3 cm³/mol. The van der Waals surface area contributed by atoms with Crippen LogP contribution in [-0.4, -0.2) is 0 Å². The molecule has 0 atom stereocenters. The normalized spacial score (nSPS) is 10.1. The van der Waals surface area contributed by atoms with Crippen LogP contribution in [0.15, 0.2) is 12.1 Å². The number of nitrogens with two attached hydrogens (primary N) is 1. The molecule has 0 amide bonds. The summed E-state index contributed by atoms with van der Waals surface area (Å²) in [5, 5.41) is 1.30. The highest BCUT2D eigenvalue weighted by molar-refractivity contribution is 6.36. The summed E-state index contributed by atoms with van der Waals surface area (Å²) in [6.45, 7) is 2.00. The quantitative estimate of drug-likeness (QED) is 0.676. The van der Waals surface area contributed by atoms with Crippen molar-refractivity contribution >= 4 is 28.9 Å². The van der Waals surface area contributed by atoms with E-state index < -0.39 is 0 Å². The van der Waals surface area contributed by atoms with Gasteiger partial charge in [0.2, 0.25) is 0 Å². The van der Waals surface area contributed by atoms with E-state index in [1.54, 1.807) is 12.1 Å². The molecule has 0 unspecified atom stereocenters. The van der Waals surface area contributed by atoms with Crippen LogP contribution >= 0.6 is 23.2 Å². The zero-order chi connectivity index (χ0) is 8.43. The molecule has 1 nitrogen and oxygen atoms in total. The molecule has 1 aromatic rings. The van der Waals surface area contributed by atoms with Gasteiger partial charge < -0.3 is 5.73 Å². The molecule has 0 fully saturated rings. The first-order valence-electron chi connectivity index (χ1n) is 3.38. The Morgan fingerprint density at radius 3 is 2.09 bits per heavy atom. The van der Waals surface area contributed by atoms with E-state index in [0.717, 1.165) is 12.0 Å². The molecule has 0 radical (unpaired) electrons. The molecule has 3 heteroatoms. The maximum atomic E-state index is 5.87. The molecule has 0 heterocycles. The van der Waals surface area contributed by atoms with E-state index in [0.29, 0.717) is 15.7 Å². The third-order valence-electron chi connectivity index (χ3n) is 1.52. The first kappa shape index (κ1) is 8.69. The van der Waals surface area contributed by atoms with E-state index in [9.17, 15) is 0 Å². The lowest BCUT2D eigenvalue weighted by molar-refractivity contribution is 1.14. The Morgan fingerprint density at radius 2 is 1.73 bits per heavy atom. The van der Waals surface area contributed by atoms with E-state index in [-0.39, 0.29) is 0 Å². The summed E-state index contributed by atoms with van der Waals surface area (Å²) < 4.78 is 0. The first-order valence-corrected chi connectivity index (χ1v) is 4.14. The number of rotatable bonds is 1. The fraction of sp³-hybridized carbons (Fsp3) is 0.250. The van der Waals surface area contributed by atoms with Crippen molar-refractivity contribution in [2.45, 2.75) is 13.3 Å². The molecule has 1 rings (SSSR count). The summed E-state index contributed by atoms with van der Waals surface area (Å²) in [7, 11) is 0. The van der Waals surface area contributed by atoms with Gasteiger partial charge in [0.1, 0.15) is 0 Å². The Bertz CT molecular complexity index is 248. The average Bonchev–Trinajstić information content (AvgIpc) is 1.85. The highest BCUT2D eigenvalue weighted by atomic mass is 35.5. The summed E-state index contributed by atoms with van der Waals surface area (Å²) in [5.74, 6) is 0. The van der Waals surface area contributed by atoms with Gasteiger partial charge in [-0.15, -0.1) is 0 Å². The van der Waals surface area contributed by atoms with E-state index in [4.69, 9.17) is 28.9 Å². The van der Waals surface area contributed by atoms with Crippen molar-refractivity contribution in [1.29, 1.82) is 0 Å². The van der Waals surface area contributed by atoms with Gasteiger partial charge in [-0.25, -0.2) is 0 Å². The van der Waals surface area contributed by atoms with Gasteiger partial charge in [0.05, 0.1) is 0 Å². The second-order valence-electron chi connectivity index (χ2n) is 2.32. The van der Waals surface area contributed by atoms with Crippen LogP contribution in [0.4, 0.5) is 5.69 Å². The van der Waals surface area contributed by atoms with Gasteiger partial charge in [-0.1, -0.05) is 30.1 Å². The fourth-order valence-corrected chi connectivity index (χ4v) is 1.73. The molecule has 0 bridgehead atoms. The first-order chi connectivity index (χ1) is 5.15. The number of hydrogen-bond donors (Lipinski definition) is 1.